The fourth-order valence-corrected chi connectivity index (χ4v) is 3.94. The van der Waals surface area contributed by atoms with Gasteiger partial charge in [-0.3, -0.25) is 4.79 Å². The highest BCUT2D eigenvalue weighted by molar-refractivity contribution is 5.82. The molecule has 1 aromatic rings. The molecule has 2 saturated carbocycles. The van der Waals surface area contributed by atoms with Crippen molar-refractivity contribution in [1.29, 1.82) is 0 Å². The summed E-state index contributed by atoms with van der Waals surface area (Å²) in [5, 5.41) is 3.08. The number of urea groups is 1. The van der Waals surface area contributed by atoms with E-state index in [1.807, 2.05) is 15.9 Å². The van der Waals surface area contributed by atoms with Gasteiger partial charge in [-0.2, -0.15) is 0 Å². The standard InChI is InChI=1S/C20H27N3O2/c1-14-11-17(14)19(24)22-7-9-23(10-8-22)20(25)21-13-16-12-18(16)15-5-3-2-4-6-15/h2-6,14,16-18H,7-13H2,1H3,(H,21,25)/t14-,16-,17+,18-/m1/s1. The zero-order chi connectivity index (χ0) is 17.4. The number of rotatable bonds is 4. The molecular weight excluding hydrogens is 314 g/mol. The molecule has 5 nitrogen and oxygen atoms in total. The first-order valence-corrected chi connectivity index (χ1v) is 9.50. The van der Waals surface area contributed by atoms with Crippen LogP contribution in [0.3, 0.4) is 0 Å². The Labute approximate surface area is 149 Å². The van der Waals surface area contributed by atoms with Crippen molar-refractivity contribution < 1.29 is 9.59 Å². The molecule has 1 heterocycles. The van der Waals surface area contributed by atoms with Crippen molar-refractivity contribution in [3.8, 4) is 0 Å². The summed E-state index contributed by atoms with van der Waals surface area (Å²) in [4.78, 5) is 28.4. The molecule has 2 aliphatic carbocycles. The quantitative estimate of drug-likeness (QED) is 0.914. The molecule has 5 heteroatoms. The first-order valence-electron chi connectivity index (χ1n) is 9.50. The molecule has 0 spiro atoms. The van der Waals surface area contributed by atoms with Crippen LogP contribution in [0.25, 0.3) is 0 Å². The molecule has 1 aromatic carbocycles. The van der Waals surface area contributed by atoms with Crippen LogP contribution in [0.15, 0.2) is 30.3 Å². The van der Waals surface area contributed by atoms with E-state index < -0.39 is 0 Å². The van der Waals surface area contributed by atoms with Gasteiger partial charge < -0.3 is 15.1 Å². The summed E-state index contributed by atoms with van der Waals surface area (Å²) in [7, 11) is 0. The lowest BCUT2D eigenvalue weighted by Gasteiger charge is -2.35. The predicted molar refractivity (Wildman–Crippen MR) is 96.1 cm³/mol. The Hall–Kier alpha value is -2.04. The Morgan fingerprint density at radius 3 is 2.32 bits per heavy atom. The van der Waals surface area contributed by atoms with Gasteiger partial charge in [-0.05, 0) is 36.2 Å². The SMILES string of the molecule is C[C@@H]1C[C@@H]1C(=O)N1CCN(C(=O)NC[C@H]2C[C@@H]2c2ccccc2)CC1. The third-order valence-electron chi connectivity index (χ3n) is 5.97. The average molecular weight is 341 g/mol. The third-order valence-corrected chi connectivity index (χ3v) is 5.97. The van der Waals surface area contributed by atoms with Crippen LogP contribution < -0.4 is 5.32 Å². The van der Waals surface area contributed by atoms with Crippen molar-refractivity contribution in [1.82, 2.24) is 15.1 Å². The van der Waals surface area contributed by atoms with E-state index in [1.54, 1.807) is 0 Å². The van der Waals surface area contributed by atoms with E-state index in [2.05, 4.69) is 36.5 Å². The van der Waals surface area contributed by atoms with Gasteiger partial charge in [0.05, 0.1) is 0 Å². The van der Waals surface area contributed by atoms with Crippen LogP contribution in [0.1, 0.15) is 31.2 Å². The molecule has 1 saturated heterocycles. The molecule has 0 radical (unpaired) electrons. The highest BCUT2D eigenvalue weighted by atomic mass is 16.2. The van der Waals surface area contributed by atoms with Gasteiger partial charge in [0.2, 0.25) is 5.91 Å². The summed E-state index contributed by atoms with van der Waals surface area (Å²) in [6.45, 7) is 5.51. The first-order chi connectivity index (χ1) is 12.1. The van der Waals surface area contributed by atoms with Gasteiger partial charge in [-0.15, -0.1) is 0 Å². The minimum atomic E-state index is 0.0191. The number of carbonyl (C=O) groups is 2. The summed E-state index contributed by atoms with van der Waals surface area (Å²) in [5.74, 6) is 2.23. The van der Waals surface area contributed by atoms with Gasteiger partial charge in [0.25, 0.3) is 0 Å². The molecular formula is C20H27N3O2. The van der Waals surface area contributed by atoms with Gasteiger partial charge in [0, 0.05) is 38.6 Å². The monoisotopic (exact) mass is 341 g/mol. The average Bonchev–Trinajstić information content (AvgIpc) is 3.57. The van der Waals surface area contributed by atoms with Crippen LogP contribution in [0.4, 0.5) is 4.79 Å². The maximum atomic E-state index is 12.4. The van der Waals surface area contributed by atoms with Crippen LogP contribution in [-0.2, 0) is 4.79 Å². The Bertz CT molecular complexity index is 640. The lowest BCUT2D eigenvalue weighted by molar-refractivity contribution is -0.134. The van der Waals surface area contributed by atoms with Crippen molar-refractivity contribution in [2.75, 3.05) is 32.7 Å². The van der Waals surface area contributed by atoms with Gasteiger partial charge in [0.15, 0.2) is 0 Å². The van der Waals surface area contributed by atoms with E-state index in [9.17, 15) is 9.59 Å². The number of benzene rings is 1. The van der Waals surface area contributed by atoms with Crippen LogP contribution in [0, 0.1) is 17.8 Å². The minimum Gasteiger partial charge on any atom is -0.339 e. The van der Waals surface area contributed by atoms with Crippen molar-refractivity contribution >= 4 is 11.9 Å². The Morgan fingerprint density at radius 1 is 1.04 bits per heavy atom. The number of hydrogen-bond donors (Lipinski definition) is 1. The maximum Gasteiger partial charge on any atom is 0.317 e. The molecule has 3 aliphatic rings. The second kappa shape index (κ2) is 6.70. The van der Waals surface area contributed by atoms with Crippen molar-refractivity contribution in [2.24, 2.45) is 17.8 Å². The molecule has 3 amide bonds. The highest BCUT2D eigenvalue weighted by Crippen LogP contribution is 2.46. The van der Waals surface area contributed by atoms with Gasteiger partial charge in [-0.1, -0.05) is 37.3 Å². The first kappa shape index (κ1) is 16.4. The van der Waals surface area contributed by atoms with E-state index in [4.69, 9.17) is 0 Å². The van der Waals surface area contributed by atoms with Crippen LogP contribution in [0.2, 0.25) is 0 Å². The van der Waals surface area contributed by atoms with Crippen LogP contribution in [-0.4, -0.2) is 54.5 Å². The molecule has 1 aliphatic heterocycles. The Balaban J connectivity index is 1.18. The number of nitrogens with one attached hydrogen (secondary N) is 1. The largest absolute Gasteiger partial charge is 0.339 e. The third kappa shape index (κ3) is 3.65. The van der Waals surface area contributed by atoms with Gasteiger partial charge >= 0.3 is 6.03 Å². The summed E-state index contributed by atoms with van der Waals surface area (Å²) in [6.07, 6.45) is 2.19. The minimum absolute atomic E-state index is 0.0191. The number of carbonyl (C=O) groups excluding carboxylic acids is 2. The zero-order valence-corrected chi connectivity index (χ0v) is 14.9. The molecule has 0 unspecified atom stereocenters. The van der Waals surface area contributed by atoms with Crippen LogP contribution >= 0.6 is 0 Å². The Kier molecular flexibility index (Phi) is 4.40. The smallest absolute Gasteiger partial charge is 0.317 e. The molecule has 3 fully saturated rings. The fourth-order valence-electron chi connectivity index (χ4n) is 3.94. The maximum absolute atomic E-state index is 12.4. The summed E-state index contributed by atoms with van der Waals surface area (Å²) >= 11 is 0. The lowest BCUT2D eigenvalue weighted by atomic mass is 10.1. The van der Waals surface area contributed by atoms with E-state index in [0.29, 0.717) is 43.9 Å². The molecule has 0 aromatic heterocycles. The topological polar surface area (TPSA) is 52.7 Å². The summed E-state index contributed by atoms with van der Waals surface area (Å²) < 4.78 is 0. The lowest BCUT2D eigenvalue weighted by Crippen LogP contribution is -2.53. The number of amides is 3. The van der Waals surface area contributed by atoms with E-state index in [-0.39, 0.29) is 17.9 Å². The molecule has 1 N–H and O–H groups in total. The fraction of sp³-hybridized carbons (Fsp3) is 0.600. The summed E-state index contributed by atoms with van der Waals surface area (Å²) in [5.41, 5.74) is 1.38. The summed E-state index contributed by atoms with van der Waals surface area (Å²) in [6, 6.07) is 10.5. The number of piperazine rings is 1. The highest BCUT2D eigenvalue weighted by Gasteiger charge is 2.42. The second-order valence-corrected chi connectivity index (χ2v) is 7.83. The van der Waals surface area contributed by atoms with Crippen molar-refractivity contribution in [2.45, 2.75) is 25.7 Å². The van der Waals surface area contributed by atoms with Gasteiger partial charge in [0.1, 0.15) is 0 Å². The van der Waals surface area contributed by atoms with E-state index in [0.717, 1.165) is 19.4 Å². The molecule has 4 atom stereocenters. The van der Waals surface area contributed by atoms with Crippen molar-refractivity contribution in [3.63, 3.8) is 0 Å². The van der Waals surface area contributed by atoms with Crippen molar-refractivity contribution in [3.05, 3.63) is 35.9 Å². The molecule has 0 bridgehead atoms. The second-order valence-electron chi connectivity index (χ2n) is 7.83. The van der Waals surface area contributed by atoms with Crippen LogP contribution in [0.5, 0.6) is 0 Å². The van der Waals surface area contributed by atoms with E-state index >= 15 is 0 Å². The predicted octanol–water partition coefficient (Wildman–Crippen LogP) is 2.30. The number of nitrogens with zero attached hydrogens (tertiary/aromatic N) is 2. The Morgan fingerprint density at radius 2 is 1.68 bits per heavy atom. The zero-order valence-electron chi connectivity index (χ0n) is 14.9. The van der Waals surface area contributed by atoms with Gasteiger partial charge in [-0.25, -0.2) is 4.79 Å². The number of hydrogen-bond acceptors (Lipinski definition) is 2. The molecule has 25 heavy (non-hydrogen) atoms. The molecule has 134 valence electrons. The molecule has 4 rings (SSSR count). The van der Waals surface area contributed by atoms with E-state index in [1.165, 1.54) is 5.56 Å². The normalized spacial score (nSPS) is 30.8.